The Bertz CT molecular complexity index is 612. The lowest BCUT2D eigenvalue weighted by atomic mass is 10.1. The van der Waals surface area contributed by atoms with Crippen molar-refractivity contribution in [2.45, 2.75) is 13.0 Å². The highest BCUT2D eigenvalue weighted by Crippen LogP contribution is 2.22. The average molecular weight is 258 g/mol. The fourth-order valence-corrected chi connectivity index (χ4v) is 1.88. The normalized spacial score (nSPS) is 11.7. The van der Waals surface area contributed by atoms with Crippen LogP contribution >= 0.6 is 0 Å². The highest BCUT2D eigenvalue weighted by molar-refractivity contribution is 5.49. The van der Waals surface area contributed by atoms with Crippen molar-refractivity contribution in [2.24, 2.45) is 0 Å². The molecule has 1 atom stereocenters. The van der Waals surface area contributed by atoms with Crippen molar-refractivity contribution in [1.29, 1.82) is 5.26 Å². The Morgan fingerprint density at radius 2 is 1.89 bits per heavy atom. The molecule has 1 unspecified atom stereocenters. The first-order chi connectivity index (χ1) is 9.10. The van der Waals surface area contributed by atoms with E-state index in [0.29, 0.717) is 5.69 Å². The summed E-state index contributed by atoms with van der Waals surface area (Å²) in [6.45, 7) is 1.75. The van der Waals surface area contributed by atoms with E-state index in [1.54, 1.807) is 25.1 Å². The van der Waals surface area contributed by atoms with Gasteiger partial charge in [-0.25, -0.2) is 8.78 Å². The fourth-order valence-electron chi connectivity index (χ4n) is 1.88. The average Bonchev–Trinajstić information content (AvgIpc) is 2.36. The maximum Gasteiger partial charge on any atom is 0.143 e. The highest BCUT2D eigenvalue weighted by Gasteiger charge is 2.14. The van der Waals surface area contributed by atoms with Gasteiger partial charge in [0.2, 0.25) is 0 Å². The minimum atomic E-state index is -0.859. The number of rotatable bonds is 3. The monoisotopic (exact) mass is 258 g/mol. The molecule has 0 amide bonds. The number of nitrogens with one attached hydrogen (secondary N) is 1. The lowest BCUT2D eigenvalue weighted by Crippen LogP contribution is -2.10. The number of hydrogen-bond donors (Lipinski definition) is 1. The van der Waals surface area contributed by atoms with E-state index < -0.39 is 17.7 Å². The molecule has 0 aliphatic carbocycles. The van der Waals surface area contributed by atoms with Crippen LogP contribution in [-0.4, -0.2) is 0 Å². The second-order valence-electron chi connectivity index (χ2n) is 4.25. The number of halogens is 2. The number of aryl methyl sites for hydroxylation is 1. The van der Waals surface area contributed by atoms with E-state index >= 15 is 0 Å². The Balaban J connectivity index is 2.30. The van der Waals surface area contributed by atoms with Gasteiger partial charge in [-0.05, 0) is 36.8 Å². The summed E-state index contributed by atoms with van der Waals surface area (Å²) in [6.07, 6.45) is 0. The largest absolute Gasteiger partial charge is 0.366 e. The molecule has 0 saturated carbocycles. The Kier molecular flexibility index (Phi) is 3.76. The molecule has 0 fully saturated rings. The maximum atomic E-state index is 13.6. The van der Waals surface area contributed by atoms with Crippen LogP contribution in [0.3, 0.4) is 0 Å². The minimum absolute atomic E-state index is 0.243. The van der Waals surface area contributed by atoms with Gasteiger partial charge in [-0.1, -0.05) is 18.2 Å². The van der Waals surface area contributed by atoms with Crippen LogP contribution in [0, 0.1) is 29.9 Å². The van der Waals surface area contributed by atoms with Crippen molar-refractivity contribution >= 4 is 5.69 Å². The topological polar surface area (TPSA) is 35.8 Å². The van der Waals surface area contributed by atoms with Crippen LogP contribution in [0.2, 0.25) is 0 Å². The Morgan fingerprint density at radius 3 is 2.53 bits per heavy atom. The summed E-state index contributed by atoms with van der Waals surface area (Å²) in [7, 11) is 0. The smallest absolute Gasteiger partial charge is 0.143 e. The van der Waals surface area contributed by atoms with Crippen LogP contribution in [-0.2, 0) is 0 Å². The van der Waals surface area contributed by atoms with Gasteiger partial charge in [0, 0.05) is 11.3 Å². The summed E-state index contributed by atoms with van der Waals surface area (Å²) in [5.41, 5.74) is 1.42. The molecule has 2 aromatic carbocycles. The summed E-state index contributed by atoms with van der Waals surface area (Å²) < 4.78 is 26.9. The number of nitrogens with zero attached hydrogens (tertiary/aromatic N) is 1. The molecule has 0 aliphatic rings. The second-order valence-corrected chi connectivity index (χ2v) is 4.25. The number of anilines is 1. The molecular formula is C15H12F2N2. The third kappa shape index (κ3) is 3.08. The van der Waals surface area contributed by atoms with Gasteiger partial charge in [-0.15, -0.1) is 0 Å². The van der Waals surface area contributed by atoms with E-state index in [4.69, 9.17) is 5.26 Å². The van der Waals surface area contributed by atoms with Gasteiger partial charge in [0.1, 0.15) is 17.7 Å². The number of benzene rings is 2. The van der Waals surface area contributed by atoms with Gasteiger partial charge >= 0.3 is 0 Å². The van der Waals surface area contributed by atoms with Crippen molar-refractivity contribution in [3.05, 3.63) is 65.2 Å². The van der Waals surface area contributed by atoms with E-state index in [-0.39, 0.29) is 5.56 Å². The van der Waals surface area contributed by atoms with E-state index in [2.05, 4.69) is 5.32 Å². The van der Waals surface area contributed by atoms with E-state index in [0.717, 1.165) is 5.56 Å². The Morgan fingerprint density at radius 1 is 1.16 bits per heavy atom. The number of nitriles is 1. The molecule has 0 aromatic heterocycles. The second kappa shape index (κ2) is 5.49. The molecule has 0 radical (unpaired) electrons. The molecule has 0 spiro atoms. The molecule has 0 aliphatic heterocycles. The van der Waals surface area contributed by atoms with Crippen molar-refractivity contribution < 1.29 is 8.78 Å². The summed E-state index contributed by atoms with van der Waals surface area (Å²) in [4.78, 5) is 0. The molecule has 0 heterocycles. The van der Waals surface area contributed by atoms with E-state index in [9.17, 15) is 8.78 Å². The zero-order chi connectivity index (χ0) is 13.8. The van der Waals surface area contributed by atoms with Crippen LogP contribution in [0.25, 0.3) is 0 Å². The predicted octanol–water partition coefficient (Wildman–Crippen LogP) is 3.95. The summed E-state index contributed by atoms with van der Waals surface area (Å²) in [5, 5.41) is 12.0. The van der Waals surface area contributed by atoms with Gasteiger partial charge in [-0.2, -0.15) is 5.26 Å². The van der Waals surface area contributed by atoms with Crippen molar-refractivity contribution in [1.82, 2.24) is 0 Å². The molecular weight excluding hydrogens is 246 g/mol. The molecule has 1 N–H and O–H groups in total. The molecule has 0 bridgehead atoms. The summed E-state index contributed by atoms with van der Waals surface area (Å²) in [5.74, 6) is -0.859. The first-order valence-corrected chi connectivity index (χ1v) is 5.78. The predicted molar refractivity (Wildman–Crippen MR) is 69.5 cm³/mol. The summed E-state index contributed by atoms with van der Waals surface area (Å²) in [6, 6.07) is 11.5. The number of hydrogen-bond acceptors (Lipinski definition) is 2. The van der Waals surface area contributed by atoms with Crippen LogP contribution in [0.15, 0.2) is 42.5 Å². The van der Waals surface area contributed by atoms with Gasteiger partial charge in [0.15, 0.2) is 0 Å². The molecule has 0 saturated heterocycles. The van der Waals surface area contributed by atoms with Crippen LogP contribution in [0.4, 0.5) is 14.5 Å². The third-order valence-corrected chi connectivity index (χ3v) is 2.70. The highest BCUT2D eigenvalue weighted by atomic mass is 19.1. The lowest BCUT2D eigenvalue weighted by molar-refractivity contribution is 0.607. The molecule has 2 aromatic rings. The summed E-state index contributed by atoms with van der Waals surface area (Å²) >= 11 is 0. The van der Waals surface area contributed by atoms with Crippen molar-refractivity contribution in [3.63, 3.8) is 0 Å². The molecule has 2 nitrogen and oxygen atoms in total. The minimum Gasteiger partial charge on any atom is -0.366 e. The fraction of sp³-hybridized carbons (Fsp3) is 0.133. The maximum absolute atomic E-state index is 13.6. The zero-order valence-electron chi connectivity index (χ0n) is 10.3. The van der Waals surface area contributed by atoms with Gasteiger partial charge in [0.25, 0.3) is 0 Å². The first kappa shape index (κ1) is 13.0. The van der Waals surface area contributed by atoms with Crippen LogP contribution in [0.1, 0.15) is 17.2 Å². The van der Waals surface area contributed by atoms with Crippen molar-refractivity contribution in [2.75, 3.05) is 5.32 Å². The molecule has 4 heteroatoms. The SMILES string of the molecule is Cc1cc(F)cc(NC(C#N)c2ccccc2F)c1. The Hall–Kier alpha value is -2.41. The van der Waals surface area contributed by atoms with E-state index in [1.807, 2.05) is 6.07 Å². The third-order valence-electron chi connectivity index (χ3n) is 2.70. The molecule has 2 rings (SSSR count). The van der Waals surface area contributed by atoms with Crippen LogP contribution in [0.5, 0.6) is 0 Å². The zero-order valence-corrected chi connectivity index (χ0v) is 10.3. The standard InChI is InChI=1S/C15H12F2N2/c1-10-6-11(16)8-12(7-10)19-15(9-18)13-4-2-3-5-14(13)17/h2-8,15,19H,1H3. The first-order valence-electron chi connectivity index (χ1n) is 5.78. The Labute approximate surface area is 110 Å². The van der Waals surface area contributed by atoms with E-state index in [1.165, 1.54) is 24.3 Å². The molecule has 19 heavy (non-hydrogen) atoms. The quantitative estimate of drug-likeness (QED) is 0.904. The van der Waals surface area contributed by atoms with Crippen molar-refractivity contribution in [3.8, 4) is 6.07 Å². The van der Waals surface area contributed by atoms with Gasteiger partial charge in [0.05, 0.1) is 6.07 Å². The molecule has 96 valence electrons. The lowest BCUT2D eigenvalue weighted by Gasteiger charge is -2.14. The van der Waals surface area contributed by atoms with Crippen LogP contribution < -0.4 is 5.32 Å². The van der Waals surface area contributed by atoms with Gasteiger partial charge in [-0.3, -0.25) is 0 Å². The van der Waals surface area contributed by atoms with Gasteiger partial charge < -0.3 is 5.32 Å².